The maximum atomic E-state index is 6.03. The van der Waals surface area contributed by atoms with Crippen molar-refractivity contribution in [1.82, 2.24) is 0 Å². The first-order chi connectivity index (χ1) is 10.5. The molecule has 0 radical (unpaired) electrons. The Morgan fingerprint density at radius 1 is 1.09 bits per heavy atom. The summed E-state index contributed by atoms with van der Waals surface area (Å²) in [6.07, 6.45) is 0.892. The van der Waals surface area contributed by atoms with Gasteiger partial charge in [0.2, 0.25) is 0 Å². The highest BCUT2D eigenvalue weighted by Crippen LogP contribution is 2.28. The molecule has 3 nitrogen and oxygen atoms in total. The lowest BCUT2D eigenvalue weighted by atomic mass is 9.91. The van der Waals surface area contributed by atoms with E-state index in [1.165, 1.54) is 22.4 Å². The minimum absolute atomic E-state index is 0.298. The number of aryl methyl sites for hydroxylation is 1. The van der Waals surface area contributed by atoms with Crippen LogP contribution in [0.25, 0.3) is 0 Å². The second-order valence-corrected chi connectivity index (χ2v) is 5.94. The molecule has 0 aromatic heterocycles. The van der Waals surface area contributed by atoms with E-state index >= 15 is 0 Å². The number of nitrogens with zero attached hydrogens (tertiary/aromatic N) is 1. The first-order valence-corrected chi connectivity index (χ1v) is 7.66. The number of hydrogen-bond acceptors (Lipinski definition) is 3. The van der Waals surface area contributed by atoms with Crippen molar-refractivity contribution in [3.8, 4) is 5.75 Å². The van der Waals surface area contributed by atoms with Crippen LogP contribution in [-0.4, -0.2) is 27.7 Å². The molecular formula is C19H26N2O. The predicted molar refractivity (Wildman–Crippen MR) is 94.0 cm³/mol. The summed E-state index contributed by atoms with van der Waals surface area (Å²) in [5, 5.41) is 0. The van der Waals surface area contributed by atoms with Gasteiger partial charge in [-0.2, -0.15) is 0 Å². The molecule has 2 rings (SSSR count). The summed E-state index contributed by atoms with van der Waals surface area (Å²) in [5.41, 5.74) is 11.0. The Bertz CT molecular complexity index is 605. The van der Waals surface area contributed by atoms with E-state index < -0.39 is 0 Å². The summed E-state index contributed by atoms with van der Waals surface area (Å²) in [6, 6.07) is 14.9. The van der Waals surface area contributed by atoms with E-state index in [0.717, 1.165) is 12.2 Å². The summed E-state index contributed by atoms with van der Waals surface area (Å²) >= 11 is 0. The number of methoxy groups -OCH3 is 1. The predicted octanol–water partition coefficient (Wildman–Crippen LogP) is 3.35. The fourth-order valence-electron chi connectivity index (χ4n) is 2.71. The Morgan fingerprint density at radius 2 is 1.77 bits per heavy atom. The lowest BCUT2D eigenvalue weighted by molar-refractivity contribution is 0.408. The van der Waals surface area contributed by atoms with Gasteiger partial charge in [0.1, 0.15) is 5.75 Å². The van der Waals surface area contributed by atoms with Crippen LogP contribution in [0.1, 0.15) is 22.6 Å². The molecule has 0 amide bonds. The van der Waals surface area contributed by atoms with Crippen molar-refractivity contribution in [3.05, 3.63) is 59.2 Å². The average Bonchev–Trinajstić information content (AvgIpc) is 2.53. The molecule has 0 aliphatic carbocycles. The Balaban J connectivity index is 2.23. The van der Waals surface area contributed by atoms with Gasteiger partial charge >= 0.3 is 0 Å². The van der Waals surface area contributed by atoms with Crippen LogP contribution in [0.5, 0.6) is 5.75 Å². The molecule has 2 aromatic carbocycles. The van der Waals surface area contributed by atoms with Crippen molar-refractivity contribution in [2.24, 2.45) is 5.73 Å². The third-order valence-electron chi connectivity index (χ3n) is 4.07. The van der Waals surface area contributed by atoms with Gasteiger partial charge in [-0.25, -0.2) is 0 Å². The Labute approximate surface area is 133 Å². The van der Waals surface area contributed by atoms with Crippen molar-refractivity contribution in [3.63, 3.8) is 0 Å². The van der Waals surface area contributed by atoms with Crippen LogP contribution in [0.2, 0.25) is 0 Å². The molecule has 0 bridgehead atoms. The quantitative estimate of drug-likeness (QED) is 0.889. The number of hydrogen-bond donors (Lipinski definition) is 1. The van der Waals surface area contributed by atoms with Crippen LogP contribution in [0.4, 0.5) is 5.69 Å². The van der Waals surface area contributed by atoms with Crippen molar-refractivity contribution >= 4 is 5.69 Å². The van der Waals surface area contributed by atoms with Gasteiger partial charge in [0, 0.05) is 25.7 Å². The molecule has 2 aromatic rings. The first-order valence-electron chi connectivity index (χ1n) is 7.66. The minimum atomic E-state index is 0.298. The topological polar surface area (TPSA) is 38.5 Å². The molecule has 0 saturated carbocycles. The van der Waals surface area contributed by atoms with Gasteiger partial charge in [-0.15, -0.1) is 0 Å². The van der Waals surface area contributed by atoms with E-state index in [2.05, 4.69) is 48.2 Å². The molecule has 1 unspecified atom stereocenters. The second-order valence-electron chi connectivity index (χ2n) is 5.94. The molecule has 118 valence electrons. The van der Waals surface area contributed by atoms with Gasteiger partial charge in [0.25, 0.3) is 0 Å². The fourth-order valence-corrected chi connectivity index (χ4v) is 2.71. The third-order valence-corrected chi connectivity index (χ3v) is 4.07. The van der Waals surface area contributed by atoms with Gasteiger partial charge in [0.05, 0.1) is 7.11 Å². The van der Waals surface area contributed by atoms with Gasteiger partial charge in [-0.1, -0.05) is 29.8 Å². The van der Waals surface area contributed by atoms with Crippen LogP contribution in [-0.2, 0) is 6.42 Å². The van der Waals surface area contributed by atoms with E-state index in [0.29, 0.717) is 12.5 Å². The molecular weight excluding hydrogens is 272 g/mol. The highest BCUT2D eigenvalue weighted by Gasteiger charge is 2.14. The number of ether oxygens (including phenoxy) is 1. The molecule has 0 spiro atoms. The lowest BCUT2D eigenvalue weighted by Gasteiger charge is -2.19. The normalized spacial score (nSPS) is 12.0. The number of rotatable bonds is 6. The average molecular weight is 298 g/mol. The molecule has 0 saturated heterocycles. The van der Waals surface area contributed by atoms with Crippen molar-refractivity contribution in [1.29, 1.82) is 0 Å². The Hall–Kier alpha value is -2.00. The zero-order chi connectivity index (χ0) is 16.1. The molecule has 22 heavy (non-hydrogen) atoms. The molecule has 0 aliphatic heterocycles. The Morgan fingerprint density at radius 3 is 2.32 bits per heavy atom. The molecule has 0 heterocycles. The van der Waals surface area contributed by atoms with E-state index in [1.807, 2.05) is 20.2 Å². The monoisotopic (exact) mass is 298 g/mol. The van der Waals surface area contributed by atoms with E-state index in [4.69, 9.17) is 10.5 Å². The smallest absolute Gasteiger partial charge is 0.122 e. The maximum absolute atomic E-state index is 6.03. The number of nitrogens with two attached hydrogens (primary N) is 1. The summed E-state index contributed by atoms with van der Waals surface area (Å²) in [4.78, 5) is 2.10. The highest BCUT2D eigenvalue weighted by molar-refractivity contribution is 5.47. The van der Waals surface area contributed by atoms with E-state index in [9.17, 15) is 0 Å². The largest absolute Gasteiger partial charge is 0.496 e. The molecule has 3 heteroatoms. The highest BCUT2D eigenvalue weighted by atomic mass is 16.5. The van der Waals surface area contributed by atoms with Gasteiger partial charge in [-0.05, 0) is 49.2 Å². The van der Waals surface area contributed by atoms with Gasteiger partial charge in [-0.3, -0.25) is 0 Å². The summed E-state index contributed by atoms with van der Waals surface area (Å²) in [7, 11) is 5.82. The third kappa shape index (κ3) is 3.80. The summed E-state index contributed by atoms with van der Waals surface area (Å²) in [5.74, 6) is 1.24. The SMILES string of the molecule is COc1ccc(C)cc1CC(CN)c1ccc(N(C)C)cc1. The minimum Gasteiger partial charge on any atom is -0.496 e. The second kappa shape index (κ2) is 7.32. The number of anilines is 1. The lowest BCUT2D eigenvalue weighted by Crippen LogP contribution is -2.16. The van der Waals surface area contributed by atoms with Crippen molar-refractivity contribution in [2.75, 3.05) is 32.6 Å². The van der Waals surface area contributed by atoms with Crippen LogP contribution >= 0.6 is 0 Å². The van der Waals surface area contributed by atoms with Crippen LogP contribution in [0.15, 0.2) is 42.5 Å². The van der Waals surface area contributed by atoms with Gasteiger partial charge in [0.15, 0.2) is 0 Å². The van der Waals surface area contributed by atoms with Crippen LogP contribution in [0.3, 0.4) is 0 Å². The maximum Gasteiger partial charge on any atom is 0.122 e. The molecule has 2 N–H and O–H groups in total. The van der Waals surface area contributed by atoms with Crippen LogP contribution < -0.4 is 15.4 Å². The number of benzene rings is 2. The molecule has 0 fully saturated rings. The Kier molecular flexibility index (Phi) is 5.45. The molecule has 0 aliphatic rings. The molecule has 1 atom stereocenters. The van der Waals surface area contributed by atoms with Crippen molar-refractivity contribution in [2.45, 2.75) is 19.3 Å². The van der Waals surface area contributed by atoms with Crippen molar-refractivity contribution < 1.29 is 4.74 Å². The first kappa shape index (κ1) is 16.4. The van der Waals surface area contributed by atoms with Gasteiger partial charge < -0.3 is 15.4 Å². The van der Waals surface area contributed by atoms with Crippen LogP contribution in [0, 0.1) is 6.92 Å². The van der Waals surface area contributed by atoms with E-state index in [-0.39, 0.29) is 0 Å². The summed E-state index contributed by atoms with van der Waals surface area (Å²) < 4.78 is 5.48. The van der Waals surface area contributed by atoms with E-state index in [1.54, 1.807) is 7.11 Å². The zero-order valence-electron chi connectivity index (χ0n) is 14.0. The fraction of sp³-hybridized carbons (Fsp3) is 0.368. The standard InChI is InChI=1S/C19H26N2O/c1-14-5-10-19(22-4)16(11-14)12-17(13-20)15-6-8-18(9-7-15)21(2)3/h5-11,17H,12-13,20H2,1-4H3. The summed E-state index contributed by atoms with van der Waals surface area (Å²) in [6.45, 7) is 2.73. The zero-order valence-corrected chi connectivity index (χ0v) is 14.0.